The van der Waals surface area contributed by atoms with Gasteiger partial charge in [-0.15, -0.1) is 10.2 Å². The lowest BCUT2D eigenvalue weighted by Crippen LogP contribution is -2.42. The van der Waals surface area contributed by atoms with Crippen LogP contribution in [0.2, 0.25) is 0 Å². The van der Waals surface area contributed by atoms with E-state index in [9.17, 15) is 0 Å². The van der Waals surface area contributed by atoms with Gasteiger partial charge in [-0.05, 0) is 45.7 Å². The molecule has 136 valence electrons. The van der Waals surface area contributed by atoms with Crippen LogP contribution < -0.4 is 0 Å². The number of hydrogen-bond donors (Lipinski definition) is 0. The highest BCUT2D eigenvalue weighted by Crippen LogP contribution is 2.31. The van der Waals surface area contributed by atoms with Crippen molar-refractivity contribution < 1.29 is 0 Å². The van der Waals surface area contributed by atoms with Crippen molar-refractivity contribution in [2.24, 2.45) is 0 Å². The van der Waals surface area contributed by atoms with Gasteiger partial charge in [-0.3, -0.25) is 0 Å². The van der Waals surface area contributed by atoms with E-state index in [0.717, 1.165) is 18.4 Å². The lowest BCUT2D eigenvalue weighted by atomic mass is 9.90. The van der Waals surface area contributed by atoms with Gasteiger partial charge in [-0.1, -0.05) is 19.3 Å². The fourth-order valence-electron chi connectivity index (χ4n) is 4.54. The molecule has 4 rings (SSSR count). The second-order valence-corrected chi connectivity index (χ2v) is 7.41. The van der Waals surface area contributed by atoms with E-state index < -0.39 is 0 Å². The van der Waals surface area contributed by atoms with Crippen molar-refractivity contribution >= 4 is 0 Å². The molecule has 0 bridgehead atoms. The third-order valence-corrected chi connectivity index (χ3v) is 5.93. The predicted molar refractivity (Wildman–Crippen MR) is 95.2 cm³/mol. The number of likely N-dealkylation sites (tertiary alicyclic amines) is 1. The molecule has 2 aliphatic rings. The topological polar surface area (TPSA) is 64.7 Å². The second kappa shape index (κ2) is 7.64. The zero-order chi connectivity index (χ0) is 17.1. The summed E-state index contributed by atoms with van der Waals surface area (Å²) in [5, 5.41) is 13.2. The Hall–Kier alpha value is -1.76. The molecule has 1 saturated carbocycles. The maximum absolute atomic E-state index is 4.56. The van der Waals surface area contributed by atoms with E-state index in [2.05, 4.69) is 36.7 Å². The first-order valence-corrected chi connectivity index (χ1v) is 9.83. The van der Waals surface area contributed by atoms with Gasteiger partial charge in [0.05, 0.1) is 0 Å². The number of piperidine rings is 1. The lowest BCUT2D eigenvalue weighted by molar-refractivity contribution is 0.120. The van der Waals surface area contributed by atoms with Crippen molar-refractivity contribution in [3.05, 3.63) is 24.3 Å². The molecule has 0 spiro atoms. The van der Waals surface area contributed by atoms with E-state index in [1.54, 1.807) is 12.7 Å². The van der Waals surface area contributed by atoms with Crippen LogP contribution in [-0.4, -0.2) is 53.6 Å². The first kappa shape index (κ1) is 16.7. The molecule has 0 unspecified atom stereocenters. The summed E-state index contributed by atoms with van der Waals surface area (Å²) in [6.45, 7) is 6.15. The summed E-state index contributed by atoms with van der Waals surface area (Å²) in [5.41, 5.74) is 0. The Morgan fingerprint density at radius 3 is 2.52 bits per heavy atom. The third-order valence-electron chi connectivity index (χ3n) is 5.93. The van der Waals surface area contributed by atoms with Gasteiger partial charge in [-0.2, -0.15) is 5.10 Å². The average molecular weight is 343 g/mol. The van der Waals surface area contributed by atoms with E-state index in [4.69, 9.17) is 0 Å². The molecule has 2 aromatic heterocycles. The maximum atomic E-state index is 4.56. The van der Waals surface area contributed by atoms with Crippen molar-refractivity contribution in [1.82, 2.24) is 34.4 Å². The van der Waals surface area contributed by atoms with Crippen molar-refractivity contribution in [2.75, 3.05) is 13.1 Å². The van der Waals surface area contributed by atoms with Gasteiger partial charge in [0.1, 0.15) is 25.0 Å². The molecule has 0 N–H and O–H groups in total. The molecule has 2 fully saturated rings. The van der Waals surface area contributed by atoms with Crippen LogP contribution in [0.1, 0.15) is 69.4 Å². The van der Waals surface area contributed by atoms with Crippen molar-refractivity contribution in [2.45, 2.75) is 76.9 Å². The number of rotatable bonds is 5. The minimum Gasteiger partial charge on any atom is -0.313 e. The maximum Gasteiger partial charge on any atom is 0.154 e. The summed E-state index contributed by atoms with van der Waals surface area (Å²) >= 11 is 0. The van der Waals surface area contributed by atoms with E-state index in [1.807, 2.05) is 4.68 Å². The number of hydrogen-bond acceptors (Lipinski definition) is 5. The Morgan fingerprint density at radius 2 is 1.84 bits per heavy atom. The molecule has 1 aliphatic heterocycles. The average Bonchev–Trinajstić information content (AvgIpc) is 3.32. The lowest BCUT2D eigenvalue weighted by Gasteiger charge is -2.39. The first-order chi connectivity index (χ1) is 12.3. The fourth-order valence-corrected chi connectivity index (χ4v) is 4.54. The van der Waals surface area contributed by atoms with Crippen molar-refractivity contribution in [3.63, 3.8) is 0 Å². The van der Waals surface area contributed by atoms with Crippen LogP contribution in [0.25, 0.3) is 0 Å². The molecule has 7 heteroatoms. The van der Waals surface area contributed by atoms with Gasteiger partial charge in [0.2, 0.25) is 0 Å². The molecule has 2 aromatic rings. The van der Waals surface area contributed by atoms with Gasteiger partial charge in [0.25, 0.3) is 0 Å². The van der Waals surface area contributed by atoms with Gasteiger partial charge >= 0.3 is 0 Å². The number of nitrogens with zero attached hydrogens (tertiary/aromatic N) is 7. The Morgan fingerprint density at radius 1 is 1.04 bits per heavy atom. The summed E-state index contributed by atoms with van der Waals surface area (Å²) in [7, 11) is 0. The SMILES string of the molecule is CCn1c(Cn2cncn2)nnc1C1CCN(C2CCCCC2)CC1. The van der Waals surface area contributed by atoms with E-state index >= 15 is 0 Å². The van der Waals surface area contributed by atoms with Gasteiger partial charge in [0, 0.05) is 18.5 Å². The van der Waals surface area contributed by atoms with Crippen LogP contribution in [0.5, 0.6) is 0 Å². The Labute approximate surface area is 149 Å². The van der Waals surface area contributed by atoms with Crippen LogP contribution in [0.15, 0.2) is 12.7 Å². The zero-order valence-electron chi connectivity index (χ0n) is 15.2. The Bertz CT molecular complexity index is 649. The Balaban J connectivity index is 1.41. The van der Waals surface area contributed by atoms with E-state index in [1.165, 1.54) is 63.9 Å². The zero-order valence-corrected chi connectivity index (χ0v) is 15.2. The Kier molecular flexibility index (Phi) is 5.10. The molecular weight excluding hydrogens is 314 g/mol. The monoisotopic (exact) mass is 343 g/mol. The minimum absolute atomic E-state index is 0.539. The molecular formula is C18H29N7. The molecule has 0 radical (unpaired) electrons. The molecule has 3 heterocycles. The highest BCUT2D eigenvalue weighted by Gasteiger charge is 2.29. The van der Waals surface area contributed by atoms with Gasteiger partial charge in [0.15, 0.2) is 5.82 Å². The van der Waals surface area contributed by atoms with Crippen LogP contribution in [-0.2, 0) is 13.1 Å². The van der Waals surface area contributed by atoms with Crippen LogP contribution in [0.3, 0.4) is 0 Å². The molecule has 7 nitrogen and oxygen atoms in total. The van der Waals surface area contributed by atoms with Gasteiger partial charge in [-0.25, -0.2) is 9.67 Å². The second-order valence-electron chi connectivity index (χ2n) is 7.41. The largest absolute Gasteiger partial charge is 0.313 e. The van der Waals surface area contributed by atoms with Crippen molar-refractivity contribution in [3.8, 4) is 0 Å². The standard InChI is InChI=1S/C18H29N7/c1-2-25-17(12-24-14-19-13-20-24)21-22-18(25)15-8-10-23(11-9-15)16-6-4-3-5-7-16/h13-16H,2-12H2,1H3. The van der Waals surface area contributed by atoms with Crippen LogP contribution >= 0.6 is 0 Å². The summed E-state index contributed by atoms with van der Waals surface area (Å²) in [5.74, 6) is 2.69. The summed E-state index contributed by atoms with van der Waals surface area (Å²) in [6.07, 6.45) is 12.8. The van der Waals surface area contributed by atoms with Crippen molar-refractivity contribution in [1.29, 1.82) is 0 Å². The minimum atomic E-state index is 0.539. The van der Waals surface area contributed by atoms with E-state index in [-0.39, 0.29) is 0 Å². The quantitative estimate of drug-likeness (QED) is 0.834. The molecule has 1 saturated heterocycles. The molecule has 0 amide bonds. The molecule has 25 heavy (non-hydrogen) atoms. The highest BCUT2D eigenvalue weighted by molar-refractivity contribution is 5.04. The van der Waals surface area contributed by atoms with E-state index in [0.29, 0.717) is 12.5 Å². The summed E-state index contributed by atoms with van der Waals surface area (Å²) < 4.78 is 4.09. The van der Waals surface area contributed by atoms with Crippen LogP contribution in [0, 0.1) is 0 Å². The third kappa shape index (κ3) is 3.61. The first-order valence-electron chi connectivity index (χ1n) is 9.83. The molecule has 1 aliphatic carbocycles. The fraction of sp³-hybridized carbons (Fsp3) is 0.778. The number of aromatic nitrogens is 6. The molecule has 0 atom stereocenters. The smallest absolute Gasteiger partial charge is 0.154 e. The normalized spacial score (nSPS) is 21.0. The van der Waals surface area contributed by atoms with Crippen LogP contribution in [0.4, 0.5) is 0 Å². The van der Waals surface area contributed by atoms with Gasteiger partial charge < -0.3 is 9.47 Å². The predicted octanol–water partition coefficient (Wildman–Crippen LogP) is 2.45. The summed E-state index contributed by atoms with van der Waals surface area (Å²) in [4.78, 5) is 6.75. The summed E-state index contributed by atoms with van der Waals surface area (Å²) in [6, 6.07) is 0.835. The highest BCUT2D eigenvalue weighted by atomic mass is 15.4. The molecule has 0 aromatic carbocycles.